The number of likely N-dealkylation sites (N-methyl/N-ethyl adjacent to an activating group) is 1. The van der Waals surface area contributed by atoms with Gasteiger partial charge in [-0.15, -0.1) is 0 Å². The Hall–Kier alpha value is -2.73. The maximum absolute atomic E-state index is 13.2. The van der Waals surface area contributed by atoms with Crippen LogP contribution in [0.25, 0.3) is 12.2 Å². The van der Waals surface area contributed by atoms with Crippen molar-refractivity contribution in [2.24, 2.45) is 0 Å². The molecule has 0 N–H and O–H groups in total. The molecule has 0 saturated carbocycles. The highest BCUT2D eigenvalue weighted by molar-refractivity contribution is 6.14. The largest absolute Gasteiger partial charge is 0.416 e. The quantitative estimate of drug-likeness (QED) is 0.759. The highest BCUT2D eigenvalue weighted by atomic mass is 19.4. The van der Waals surface area contributed by atoms with E-state index >= 15 is 0 Å². The summed E-state index contributed by atoms with van der Waals surface area (Å²) < 4.78 is 39.6. The van der Waals surface area contributed by atoms with Crippen LogP contribution in [0.15, 0.2) is 59.9 Å². The first kappa shape index (κ1) is 18.1. The van der Waals surface area contributed by atoms with Gasteiger partial charge in [0.2, 0.25) is 0 Å². The van der Waals surface area contributed by atoms with E-state index in [2.05, 4.69) is 4.98 Å². The molecule has 0 amide bonds. The Balaban J connectivity index is 1.99. The number of Topliss-reactive ketones (excluding diaryl/α,β-unsaturated/α-hetero) is 1. The van der Waals surface area contributed by atoms with Crippen LogP contribution in [-0.2, 0) is 11.0 Å². The van der Waals surface area contributed by atoms with Crippen molar-refractivity contribution in [3.8, 4) is 0 Å². The van der Waals surface area contributed by atoms with E-state index in [1.54, 1.807) is 30.6 Å². The van der Waals surface area contributed by atoms with Gasteiger partial charge in [0.25, 0.3) is 0 Å². The monoisotopic (exact) mass is 358 g/mol. The van der Waals surface area contributed by atoms with Crippen LogP contribution in [0, 0.1) is 0 Å². The first-order valence-corrected chi connectivity index (χ1v) is 8.05. The SMILES string of the molecule is CN1C/C(=C\c2ccncc2)C(=O)/C(=C/c2ccccc2C(F)(F)F)C1. The van der Waals surface area contributed by atoms with Gasteiger partial charge in [-0.1, -0.05) is 18.2 Å². The molecule has 2 aromatic rings. The second kappa shape index (κ2) is 7.25. The summed E-state index contributed by atoms with van der Waals surface area (Å²) in [5.41, 5.74) is 0.972. The summed E-state index contributed by atoms with van der Waals surface area (Å²) in [6.45, 7) is 0.748. The Bertz CT molecular complexity index is 870. The molecular weight excluding hydrogens is 341 g/mol. The number of carbonyl (C=O) groups excluding carboxylic acids is 1. The molecule has 1 aliphatic heterocycles. The molecule has 134 valence electrons. The molecular formula is C20H17F3N2O. The molecule has 1 saturated heterocycles. The lowest BCUT2D eigenvalue weighted by Crippen LogP contribution is -2.34. The summed E-state index contributed by atoms with van der Waals surface area (Å²) in [6.07, 6.45) is 1.89. The van der Waals surface area contributed by atoms with E-state index in [0.29, 0.717) is 24.2 Å². The molecule has 0 unspecified atom stereocenters. The standard InChI is InChI=1S/C20H17F3N2O/c1-25-12-16(10-14-6-8-24-9-7-14)19(26)17(13-25)11-15-4-2-3-5-18(15)20(21,22)23/h2-11H,12-13H2,1H3/b16-10+,17-11+. The molecule has 26 heavy (non-hydrogen) atoms. The molecule has 1 aromatic carbocycles. The lowest BCUT2D eigenvalue weighted by molar-refractivity contribution is -0.137. The van der Waals surface area contributed by atoms with Crippen molar-refractivity contribution in [1.82, 2.24) is 9.88 Å². The fourth-order valence-corrected chi connectivity index (χ4v) is 2.94. The summed E-state index contributed by atoms with van der Waals surface area (Å²) in [6, 6.07) is 8.83. The molecule has 3 nitrogen and oxygen atoms in total. The van der Waals surface area contributed by atoms with E-state index in [1.807, 2.05) is 11.9 Å². The highest BCUT2D eigenvalue weighted by Crippen LogP contribution is 2.33. The number of alkyl halides is 3. The van der Waals surface area contributed by atoms with Gasteiger partial charge in [-0.25, -0.2) is 0 Å². The Kier molecular flexibility index (Phi) is 5.04. The molecule has 0 aliphatic carbocycles. The van der Waals surface area contributed by atoms with E-state index in [0.717, 1.165) is 11.6 Å². The van der Waals surface area contributed by atoms with Crippen LogP contribution >= 0.6 is 0 Å². The van der Waals surface area contributed by atoms with Crippen LogP contribution in [-0.4, -0.2) is 35.8 Å². The van der Waals surface area contributed by atoms with E-state index in [-0.39, 0.29) is 11.3 Å². The summed E-state index contributed by atoms with van der Waals surface area (Å²) in [7, 11) is 1.83. The van der Waals surface area contributed by atoms with Crippen molar-refractivity contribution in [2.45, 2.75) is 6.18 Å². The van der Waals surface area contributed by atoms with Crippen LogP contribution in [0.5, 0.6) is 0 Å². The normalized spacial score (nSPS) is 19.3. The summed E-state index contributed by atoms with van der Waals surface area (Å²) in [5, 5.41) is 0. The third kappa shape index (κ3) is 4.08. The fraction of sp³-hybridized carbons (Fsp3) is 0.200. The van der Waals surface area contributed by atoms with Crippen molar-refractivity contribution >= 4 is 17.9 Å². The minimum Gasteiger partial charge on any atom is -0.298 e. The molecule has 0 spiro atoms. The van der Waals surface area contributed by atoms with Crippen molar-refractivity contribution in [1.29, 1.82) is 0 Å². The summed E-state index contributed by atoms with van der Waals surface area (Å²) in [4.78, 5) is 18.6. The number of halogens is 3. The number of nitrogens with zero attached hydrogens (tertiary/aromatic N) is 2. The predicted octanol–water partition coefficient (Wildman–Crippen LogP) is 4.08. The number of ketones is 1. The van der Waals surface area contributed by atoms with Gasteiger partial charge in [-0.3, -0.25) is 14.7 Å². The van der Waals surface area contributed by atoms with Gasteiger partial charge < -0.3 is 0 Å². The number of carbonyl (C=O) groups is 1. The number of benzene rings is 1. The van der Waals surface area contributed by atoms with Gasteiger partial charge in [-0.2, -0.15) is 13.2 Å². The average Bonchev–Trinajstić information content (AvgIpc) is 2.59. The summed E-state index contributed by atoms with van der Waals surface area (Å²) in [5.74, 6) is -0.225. The van der Waals surface area contributed by atoms with E-state index in [9.17, 15) is 18.0 Å². The van der Waals surface area contributed by atoms with Crippen LogP contribution in [0.4, 0.5) is 13.2 Å². The smallest absolute Gasteiger partial charge is 0.298 e. The zero-order chi connectivity index (χ0) is 18.7. The van der Waals surface area contributed by atoms with Gasteiger partial charge in [0.05, 0.1) is 5.56 Å². The van der Waals surface area contributed by atoms with Crippen molar-refractivity contribution < 1.29 is 18.0 Å². The van der Waals surface area contributed by atoms with E-state index in [1.165, 1.54) is 24.3 Å². The Morgan fingerprint density at radius 1 is 1.00 bits per heavy atom. The van der Waals surface area contributed by atoms with E-state index < -0.39 is 11.7 Å². The van der Waals surface area contributed by atoms with Gasteiger partial charge in [0.1, 0.15) is 0 Å². The van der Waals surface area contributed by atoms with E-state index in [4.69, 9.17) is 0 Å². The minimum atomic E-state index is -4.47. The summed E-state index contributed by atoms with van der Waals surface area (Å²) >= 11 is 0. The molecule has 1 aromatic heterocycles. The fourth-order valence-electron chi connectivity index (χ4n) is 2.94. The second-order valence-corrected chi connectivity index (χ2v) is 6.21. The first-order chi connectivity index (χ1) is 12.3. The van der Waals surface area contributed by atoms with Gasteiger partial charge in [0.15, 0.2) is 5.78 Å². The van der Waals surface area contributed by atoms with Crippen LogP contribution < -0.4 is 0 Å². The lowest BCUT2D eigenvalue weighted by atomic mass is 9.93. The van der Waals surface area contributed by atoms with Gasteiger partial charge >= 0.3 is 6.18 Å². The van der Waals surface area contributed by atoms with Crippen LogP contribution in [0.3, 0.4) is 0 Å². The Labute approximate surface area is 149 Å². The number of hydrogen-bond donors (Lipinski definition) is 0. The molecule has 0 bridgehead atoms. The maximum atomic E-state index is 13.2. The lowest BCUT2D eigenvalue weighted by Gasteiger charge is -2.26. The van der Waals surface area contributed by atoms with Crippen LogP contribution in [0.1, 0.15) is 16.7 Å². The maximum Gasteiger partial charge on any atom is 0.416 e. The Morgan fingerprint density at radius 2 is 1.62 bits per heavy atom. The zero-order valence-electron chi connectivity index (χ0n) is 14.1. The number of pyridine rings is 1. The second-order valence-electron chi connectivity index (χ2n) is 6.21. The number of hydrogen-bond acceptors (Lipinski definition) is 3. The van der Waals surface area contributed by atoms with Crippen molar-refractivity contribution in [3.05, 3.63) is 76.6 Å². The predicted molar refractivity (Wildman–Crippen MR) is 94.1 cm³/mol. The number of aromatic nitrogens is 1. The highest BCUT2D eigenvalue weighted by Gasteiger charge is 2.33. The van der Waals surface area contributed by atoms with Crippen molar-refractivity contribution in [2.75, 3.05) is 20.1 Å². The molecule has 1 aliphatic rings. The topological polar surface area (TPSA) is 33.2 Å². The Morgan fingerprint density at radius 3 is 2.27 bits per heavy atom. The number of rotatable bonds is 2. The molecule has 0 radical (unpaired) electrons. The molecule has 2 heterocycles. The molecule has 0 atom stereocenters. The third-order valence-corrected chi connectivity index (χ3v) is 4.11. The number of likely N-dealkylation sites (tertiary alicyclic amines) is 1. The van der Waals surface area contributed by atoms with Gasteiger partial charge in [-0.05, 0) is 48.5 Å². The van der Waals surface area contributed by atoms with Crippen LogP contribution in [0.2, 0.25) is 0 Å². The third-order valence-electron chi connectivity index (χ3n) is 4.11. The number of piperidine rings is 1. The minimum absolute atomic E-state index is 0.00177. The first-order valence-electron chi connectivity index (χ1n) is 8.05. The van der Waals surface area contributed by atoms with Crippen molar-refractivity contribution in [3.63, 3.8) is 0 Å². The molecule has 3 rings (SSSR count). The van der Waals surface area contributed by atoms with Gasteiger partial charge in [0, 0.05) is 36.6 Å². The molecule has 6 heteroatoms. The average molecular weight is 358 g/mol. The zero-order valence-corrected chi connectivity index (χ0v) is 14.1. The molecule has 1 fully saturated rings.